The van der Waals surface area contributed by atoms with Gasteiger partial charge in [0, 0.05) is 25.2 Å². The molecular formula is C16H17N3S. The maximum absolute atomic E-state index is 5.67. The van der Waals surface area contributed by atoms with E-state index in [4.69, 9.17) is 5.73 Å². The van der Waals surface area contributed by atoms with Crippen LogP contribution in [0.4, 0.5) is 5.69 Å². The van der Waals surface area contributed by atoms with Gasteiger partial charge in [-0.15, -0.1) is 11.3 Å². The molecule has 0 unspecified atom stereocenters. The topological polar surface area (TPSA) is 50.9 Å². The molecule has 0 amide bonds. The number of aromatic nitrogens is 1. The van der Waals surface area contributed by atoms with E-state index in [9.17, 15) is 0 Å². The lowest BCUT2D eigenvalue weighted by molar-refractivity contribution is 0.686. The third-order valence-electron chi connectivity index (χ3n) is 3.16. The lowest BCUT2D eigenvalue weighted by Crippen LogP contribution is -2.16. The van der Waals surface area contributed by atoms with Gasteiger partial charge in [-0.1, -0.05) is 24.3 Å². The molecule has 0 fully saturated rings. The SMILES string of the molecule is Nc1ccc(CNCCc2nc3ccccc3s2)cc1. The van der Waals surface area contributed by atoms with E-state index in [0.29, 0.717) is 0 Å². The number of nitrogens with one attached hydrogen (secondary N) is 1. The van der Waals surface area contributed by atoms with E-state index in [-0.39, 0.29) is 0 Å². The van der Waals surface area contributed by atoms with Crippen LogP contribution in [0, 0.1) is 0 Å². The molecule has 1 heterocycles. The minimum Gasteiger partial charge on any atom is -0.399 e. The van der Waals surface area contributed by atoms with Crippen LogP contribution < -0.4 is 11.1 Å². The van der Waals surface area contributed by atoms with E-state index in [0.717, 1.165) is 30.7 Å². The van der Waals surface area contributed by atoms with Gasteiger partial charge in [-0.05, 0) is 29.8 Å². The summed E-state index contributed by atoms with van der Waals surface area (Å²) >= 11 is 1.78. The van der Waals surface area contributed by atoms with Crippen molar-refractivity contribution in [3.63, 3.8) is 0 Å². The highest BCUT2D eigenvalue weighted by atomic mass is 32.1. The summed E-state index contributed by atoms with van der Waals surface area (Å²) < 4.78 is 1.26. The summed E-state index contributed by atoms with van der Waals surface area (Å²) in [5, 5.41) is 4.63. The minimum absolute atomic E-state index is 0.809. The smallest absolute Gasteiger partial charge is 0.0951 e. The van der Waals surface area contributed by atoms with Gasteiger partial charge in [-0.25, -0.2) is 4.98 Å². The van der Waals surface area contributed by atoms with Gasteiger partial charge < -0.3 is 11.1 Å². The largest absolute Gasteiger partial charge is 0.399 e. The lowest BCUT2D eigenvalue weighted by Gasteiger charge is -2.03. The Labute approximate surface area is 122 Å². The van der Waals surface area contributed by atoms with Gasteiger partial charge in [0.2, 0.25) is 0 Å². The molecular weight excluding hydrogens is 266 g/mol. The monoisotopic (exact) mass is 283 g/mol. The fourth-order valence-corrected chi connectivity index (χ4v) is 3.06. The number of hydrogen-bond acceptors (Lipinski definition) is 4. The Balaban J connectivity index is 1.51. The second kappa shape index (κ2) is 6.03. The Bertz CT molecular complexity index is 655. The van der Waals surface area contributed by atoms with Crippen molar-refractivity contribution in [3.05, 3.63) is 59.1 Å². The summed E-state index contributed by atoms with van der Waals surface area (Å²) in [5.74, 6) is 0. The fraction of sp³-hybridized carbons (Fsp3) is 0.188. The molecule has 3 nitrogen and oxygen atoms in total. The third kappa shape index (κ3) is 3.15. The summed E-state index contributed by atoms with van der Waals surface area (Å²) in [6.45, 7) is 1.80. The molecule has 3 aromatic rings. The van der Waals surface area contributed by atoms with Crippen LogP contribution in [0.3, 0.4) is 0 Å². The van der Waals surface area contributed by atoms with E-state index in [1.54, 1.807) is 11.3 Å². The number of anilines is 1. The third-order valence-corrected chi connectivity index (χ3v) is 4.26. The molecule has 2 aromatic carbocycles. The summed E-state index contributed by atoms with van der Waals surface area (Å²) in [5.41, 5.74) is 8.83. The van der Waals surface area contributed by atoms with Crippen LogP contribution in [0.15, 0.2) is 48.5 Å². The number of hydrogen-bond donors (Lipinski definition) is 2. The van der Waals surface area contributed by atoms with Gasteiger partial charge in [0.1, 0.15) is 0 Å². The summed E-state index contributed by atoms with van der Waals surface area (Å²) in [7, 11) is 0. The zero-order valence-corrected chi connectivity index (χ0v) is 12.0. The van der Waals surface area contributed by atoms with Gasteiger partial charge in [0.15, 0.2) is 0 Å². The van der Waals surface area contributed by atoms with E-state index >= 15 is 0 Å². The summed E-state index contributed by atoms with van der Waals surface area (Å²) in [4.78, 5) is 4.63. The van der Waals surface area contributed by atoms with Gasteiger partial charge in [0.05, 0.1) is 15.2 Å². The molecule has 0 bridgehead atoms. The number of benzene rings is 2. The number of nitrogens with two attached hydrogens (primary N) is 1. The molecule has 0 saturated carbocycles. The number of thiazole rings is 1. The van der Waals surface area contributed by atoms with Crippen LogP contribution >= 0.6 is 11.3 Å². The predicted molar refractivity (Wildman–Crippen MR) is 85.9 cm³/mol. The number of rotatable bonds is 5. The van der Waals surface area contributed by atoms with E-state index in [1.807, 2.05) is 18.2 Å². The Kier molecular flexibility index (Phi) is 3.95. The van der Waals surface area contributed by atoms with Crippen LogP contribution in [-0.4, -0.2) is 11.5 Å². The van der Waals surface area contributed by atoms with E-state index < -0.39 is 0 Å². The van der Waals surface area contributed by atoms with Crippen molar-refractivity contribution in [2.75, 3.05) is 12.3 Å². The van der Waals surface area contributed by atoms with Crippen LogP contribution in [0.1, 0.15) is 10.6 Å². The quantitative estimate of drug-likeness (QED) is 0.558. The van der Waals surface area contributed by atoms with Crippen molar-refractivity contribution < 1.29 is 0 Å². The standard InChI is InChI=1S/C16H17N3S/c17-13-7-5-12(6-8-13)11-18-10-9-16-19-14-3-1-2-4-15(14)20-16/h1-8,18H,9-11,17H2. The zero-order chi connectivity index (χ0) is 13.8. The summed E-state index contributed by atoms with van der Waals surface area (Å²) in [6, 6.07) is 16.3. The van der Waals surface area contributed by atoms with Crippen LogP contribution in [0.5, 0.6) is 0 Å². The highest BCUT2D eigenvalue weighted by Crippen LogP contribution is 2.21. The van der Waals surface area contributed by atoms with E-state index in [2.05, 4.69) is 40.6 Å². The molecule has 20 heavy (non-hydrogen) atoms. The van der Waals surface area contributed by atoms with Gasteiger partial charge in [0.25, 0.3) is 0 Å². The van der Waals surface area contributed by atoms with Gasteiger partial charge in [-0.2, -0.15) is 0 Å². The Hall–Kier alpha value is -1.91. The van der Waals surface area contributed by atoms with Crippen LogP contribution in [0.25, 0.3) is 10.2 Å². The Morgan fingerprint density at radius 3 is 2.65 bits per heavy atom. The average Bonchev–Trinajstić information content (AvgIpc) is 2.88. The highest BCUT2D eigenvalue weighted by molar-refractivity contribution is 7.18. The maximum Gasteiger partial charge on any atom is 0.0951 e. The van der Waals surface area contributed by atoms with Crippen LogP contribution in [-0.2, 0) is 13.0 Å². The lowest BCUT2D eigenvalue weighted by atomic mass is 10.2. The van der Waals surface area contributed by atoms with Crippen molar-refractivity contribution in [1.29, 1.82) is 0 Å². The molecule has 0 saturated heterocycles. The number of fused-ring (bicyclic) bond motifs is 1. The van der Waals surface area contributed by atoms with Crippen LogP contribution in [0.2, 0.25) is 0 Å². The predicted octanol–water partition coefficient (Wildman–Crippen LogP) is 3.21. The fourth-order valence-electron chi connectivity index (χ4n) is 2.09. The Morgan fingerprint density at radius 2 is 1.85 bits per heavy atom. The Morgan fingerprint density at radius 1 is 1.05 bits per heavy atom. The van der Waals surface area contributed by atoms with Crippen molar-refractivity contribution in [1.82, 2.24) is 10.3 Å². The molecule has 0 spiro atoms. The molecule has 4 heteroatoms. The minimum atomic E-state index is 0.809. The normalized spacial score (nSPS) is 11.0. The van der Waals surface area contributed by atoms with Crippen molar-refractivity contribution in [2.24, 2.45) is 0 Å². The second-order valence-electron chi connectivity index (χ2n) is 4.74. The maximum atomic E-state index is 5.67. The second-order valence-corrected chi connectivity index (χ2v) is 5.86. The van der Waals surface area contributed by atoms with Crippen molar-refractivity contribution in [3.8, 4) is 0 Å². The first-order valence-corrected chi connectivity index (χ1v) is 7.52. The molecule has 0 radical (unpaired) electrons. The van der Waals surface area contributed by atoms with Crippen molar-refractivity contribution in [2.45, 2.75) is 13.0 Å². The number of nitrogens with zero attached hydrogens (tertiary/aromatic N) is 1. The van der Waals surface area contributed by atoms with Crippen molar-refractivity contribution >= 4 is 27.2 Å². The molecule has 3 N–H and O–H groups in total. The molecule has 102 valence electrons. The molecule has 3 rings (SSSR count). The summed E-state index contributed by atoms with van der Waals surface area (Å²) in [6.07, 6.45) is 0.967. The first kappa shape index (κ1) is 13.1. The molecule has 0 atom stereocenters. The number of para-hydroxylation sites is 1. The molecule has 0 aliphatic heterocycles. The first-order valence-electron chi connectivity index (χ1n) is 6.71. The molecule has 0 aliphatic rings. The van der Waals surface area contributed by atoms with Gasteiger partial charge in [-0.3, -0.25) is 0 Å². The number of nitrogen functional groups attached to an aromatic ring is 1. The average molecular weight is 283 g/mol. The zero-order valence-electron chi connectivity index (χ0n) is 11.2. The van der Waals surface area contributed by atoms with Gasteiger partial charge >= 0.3 is 0 Å². The van der Waals surface area contributed by atoms with E-state index in [1.165, 1.54) is 15.3 Å². The highest BCUT2D eigenvalue weighted by Gasteiger charge is 2.02. The molecule has 1 aromatic heterocycles. The molecule has 0 aliphatic carbocycles. The first-order chi connectivity index (χ1) is 9.81.